The fourth-order valence-corrected chi connectivity index (χ4v) is 1.87. The summed E-state index contributed by atoms with van der Waals surface area (Å²) < 4.78 is 26.4. The summed E-state index contributed by atoms with van der Waals surface area (Å²) >= 11 is 0. The highest BCUT2D eigenvalue weighted by Crippen LogP contribution is 2.25. The maximum absolute atomic E-state index is 13.4. The molecule has 0 amide bonds. The van der Waals surface area contributed by atoms with E-state index in [9.17, 15) is 8.78 Å². The number of aromatic nitrogens is 1. The van der Waals surface area contributed by atoms with Gasteiger partial charge >= 0.3 is 0 Å². The maximum Gasteiger partial charge on any atom is 0.150 e. The van der Waals surface area contributed by atoms with Crippen LogP contribution in [0.2, 0.25) is 0 Å². The third kappa shape index (κ3) is 2.03. The molecule has 3 N–H and O–H groups in total. The number of hydrogen-bond donors (Lipinski definition) is 2. The minimum atomic E-state index is -0.559. The third-order valence-corrected chi connectivity index (χ3v) is 2.54. The first-order valence-electron chi connectivity index (χ1n) is 4.79. The molecule has 2 rings (SSSR count). The van der Waals surface area contributed by atoms with Crippen molar-refractivity contribution in [1.82, 2.24) is 4.98 Å². The summed E-state index contributed by atoms with van der Waals surface area (Å²) in [5.74, 6) is -1.12. The van der Waals surface area contributed by atoms with Crippen molar-refractivity contribution < 1.29 is 8.78 Å². The molecule has 0 aliphatic rings. The molecule has 16 heavy (non-hydrogen) atoms. The van der Waals surface area contributed by atoms with Gasteiger partial charge in [0.15, 0.2) is 0 Å². The Morgan fingerprint density at radius 3 is 2.62 bits per heavy atom. The minimum absolute atomic E-state index is 0. The number of fused-ring (bicyclic) bond motifs is 1. The molecule has 0 aliphatic heterocycles. The van der Waals surface area contributed by atoms with Crippen LogP contribution >= 0.6 is 12.4 Å². The topological polar surface area (TPSA) is 41.8 Å². The van der Waals surface area contributed by atoms with E-state index in [1.165, 1.54) is 6.07 Å². The Hall–Kier alpha value is -1.13. The van der Waals surface area contributed by atoms with Gasteiger partial charge in [-0.15, -0.1) is 12.4 Å². The van der Waals surface area contributed by atoms with Crippen molar-refractivity contribution in [2.75, 3.05) is 6.54 Å². The van der Waals surface area contributed by atoms with Gasteiger partial charge in [0.25, 0.3) is 0 Å². The largest absolute Gasteiger partial charge is 0.356 e. The molecule has 1 aromatic carbocycles. The molecule has 0 radical (unpaired) electrons. The predicted molar refractivity (Wildman–Crippen MR) is 63.0 cm³/mol. The van der Waals surface area contributed by atoms with Crippen LogP contribution in [0.5, 0.6) is 0 Å². The molecule has 0 spiro atoms. The summed E-state index contributed by atoms with van der Waals surface area (Å²) in [6.07, 6.45) is 0.620. The highest BCUT2D eigenvalue weighted by Gasteiger charge is 2.12. The van der Waals surface area contributed by atoms with Crippen molar-refractivity contribution in [3.8, 4) is 0 Å². The van der Waals surface area contributed by atoms with E-state index in [1.54, 1.807) is 0 Å². The van der Waals surface area contributed by atoms with Crippen LogP contribution in [0.4, 0.5) is 8.78 Å². The Labute approximate surface area is 98.2 Å². The number of nitrogens with one attached hydrogen (secondary N) is 1. The first-order valence-corrected chi connectivity index (χ1v) is 4.79. The average Bonchev–Trinajstić information content (AvgIpc) is 2.46. The van der Waals surface area contributed by atoms with E-state index in [1.807, 2.05) is 6.92 Å². The van der Waals surface area contributed by atoms with Crippen molar-refractivity contribution in [2.45, 2.75) is 13.3 Å². The molecule has 88 valence electrons. The highest BCUT2D eigenvalue weighted by molar-refractivity contribution is 5.85. The predicted octanol–water partition coefficient (Wildman–Crippen LogP) is 2.68. The average molecular weight is 247 g/mol. The van der Waals surface area contributed by atoms with Gasteiger partial charge in [0.2, 0.25) is 0 Å². The first-order chi connectivity index (χ1) is 7.13. The normalized spacial score (nSPS) is 10.5. The molecule has 0 bridgehead atoms. The molecular weight excluding hydrogens is 234 g/mol. The smallest absolute Gasteiger partial charge is 0.150 e. The van der Waals surface area contributed by atoms with Gasteiger partial charge in [-0.1, -0.05) is 0 Å². The molecule has 0 saturated heterocycles. The standard InChI is InChI=1S/C11H12F2N2.ClH/c1-6-8(2-3-14)9-4-7(12)5-10(13)11(9)15-6;/h4-5,15H,2-3,14H2,1H3;1H. The summed E-state index contributed by atoms with van der Waals surface area (Å²) in [4.78, 5) is 2.91. The second kappa shape index (κ2) is 4.80. The zero-order valence-corrected chi connectivity index (χ0v) is 9.63. The van der Waals surface area contributed by atoms with Gasteiger partial charge in [0.1, 0.15) is 11.6 Å². The second-order valence-electron chi connectivity index (χ2n) is 3.58. The number of nitrogens with two attached hydrogens (primary N) is 1. The van der Waals surface area contributed by atoms with Crippen LogP contribution in [0.1, 0.15) is 11.3 Å². The van der Waals surface area contributed by atoms with Crippen molar-refractivity contribution in [3.05, 3.63) is 35.0 Å². The Morgan fingerprint density at radius 2 is 2.00 bits per heavy atom. The van der Waals surface area contributed by atoms with Gasteiger partial charge in [0, 0.05) is 17.1 Å². The van der Waals surface area contributed by atoms with Gasteiger partial charge in [-0.2, -0.15) is 0 Å². The number of halogens is 3. The monoisotopic (exact) mass is 246 g/mol. The molecule has 0 atom stereocenters. The van der Waals surface area contributed by atoms with Gasteiger partial charge < -0.3 is 10.7 Å². The molecular formula is C11H13ClF2N2. The number of hydrogen-bond acceptors (Lipinski definition) is 1. The lowest BCUT2D eigenvalue weighted by Crippen LogP contribution is -2.03. The third-order valence-electron chi connectivity index (χ3n) is 2.54. The quantitative estimate of drug-likeness (QED) is 0.841. The van der Waals surface area contributed by atoms with Gasteiger partial charge in [-0.25, -0.2) is 8.78 Å². The Kier molecular flexibility index (Phi) is 3.88. The summed E-state index contributed by atoms with van der Waals surface area (Å²) in [7, 11) is 0. The fourth-order valence-electron chi connectivity index (χ4n) is 1.87. The SMILES string of the molecule is Cc1[nH]c2c(F)cc(F)cc2c1CCN.Cl. The number of aromatic amines is 1. The van der Waals surface area contributed by atoms with Crippen LogP contribution in [-0.4, -0.2) is 11.5 Å². The lowest BCUT2D eigenvalue weighted by molar-refractivity contribution is 0.591. The first kappa shape index (κ1) is 12.9. The molecule has 2 nitrogen and oxygen atoms in total. The van der Waals surface area contributed by atoms with Crippen LogP contribution in [0.15, 0.2) is 12.1 Å². The lowest BCUT2D eigenvalue weighted by atomic mass is 10.1. The molecule has 0 aliphatic carbocycles. The number of H-pyrrole nitrogens is 1. The number of aryl methyl sites for hydroxylation is 1. The van der Waals surface area contributed by atoms with E-state index in [0.717, 1.165) is 17.3 Å². The molecule has 0 saturated carbocycles. The maximum atomic E-state index is 13.4. The van der Waals surface area contributed by atoms with Crippen LogP contribution < -0.4 is 5.73 Å². The van der Waals surface area contributed by atoms with E-state index >= 15 is 0 Å². The fraction of sp³-hybridized carbons (Fsp3) is 0.273. The van der Waals surface area contributed by atoms with Crippen LogP contribution in [0, 0.1) is 18.6 Å². The molecule has 1 aromatic heterocycles. The van der Waals surface area contributed by atoms with Crippen molar-refractivity contribution in [2.24, 2.45) is 5.73 Å². The van der Waals surface area contributed by atoms with Crippen molar-refractivity contribution in [1.29, 1.82) is 0 Å². The second-order valence-corrected chi connectivity index (χ2v) is 3.58. The van der Waals surface area contributed by atoms with Gasteiger partial charge in [-0.3, -0.25) is 0 Å². The molecule has 1 heterocycles. The van der Waals surface area contributed by atoms with Crippen LogP contribution in [0.3, 0.4) is 0 Å². The van der Waals surface area contributed by atoms with E-state index < -0.39 is 11.6 Å². The van der Waals surface area contributed by atoms with E-state index in [-0.39, 0.29) is 12.4 Å². The van der Waals surface area contributed by atoms with Crippen molar-refractivity contribution >= 4 is 23.3 Å². The Bertz CT molecular complexity index is 508. The van der Waals surface area contributed by atoms with E-state index in [0.29, 0.717) is 23.9 Å². The number of benzene rings is 1. The molecule has 0 fully saturated rings. The van der Waals surface area contributed by atoms with Crippen LogP contribution in [0.25, 0.3) is 10.9 Å². The zero-order chi connectivity index (χ0) is 11.0. The molecule has 2 aromatic rings. The highest BCUT2D eigenvalue weighted by atomic mass is 35.5. The summed E-state index contributed by atoms with van der Waals surface area (Å²) in [5.41, 5.74) is 7.55. The van der Waals surface area contributed by atoms with E-state index in [2.05, 4.69) is 4.98 Å². The lowest BCUT2D eigenvalue weighted by Gasteiger charge is -1.98. The van der Waals surface area contributed by atoms with Crippen LogP contribution in [-0.2, 0) is 6.42 Å². The summed E-state index contributed by atoms with van der Waals surface area (Å²) in [6, 6.07) is 2.22. The summed E-state index contributed by atoms with van der Waals surface area (Å²) in [5, 5.41) is 0.593. The zero-order valence-electron chi connectivity index (χ0n) is 8.81. The van der Waals surface area contributed by atoms with Gasteiger partial charge in [0.05, 0.1) is 5.52 Å². The van der Waals surface area contributed by atoms with E-state index in [4.69, 9.17) is 5.73 Å². The van der Waals surface area contributed by atoms with Crippen molar-refractivity contribution in [3.63, 3.8) is 0 Å². The molecule has 5 heteroatoms. The summed E-state index contributed by atoms with van der Waals surface area (Å²) in [6.45, 7) is 2.30. The Balaban J connectivity index is 0.00000128. The molecule has 0 unspecified atom stereocenters. The number of rotatable bonds is 2. The minimum Gasteiger partial charge on any atom is -0.356 e. The Morgan fingerprint density at radius 1 is 1.31 bits per heavy atom. The van der Waals surface area contributed by atoms with Gasteiger partial charge in [-0.05, 0) is 31.5 Å².